The highest BCUT2D eigenvalue weighted by atomic mass is 17.2. The van der Waals surface area contributed by atoms with Crippen LogP contribution < -0.4 is 28.4 Å². The Labute approximate surface area is 335 Å². The lowest BCUT2D eigenvalue weighted by Crippen LogP contribution is -2.14. The van der Waals surface area contributed by atoms with Gasteiger partial charge in [-0.2, -0.15) is 0 Å². The van der Waals surface area contributed by atoms with E-state index in [0.717, 1.165) is 66.6 Å². The minimum Gasteiger partial charge on any atom is -0.497 e. The van der Waals surface area contributed by atoms with Crippen LogP contribution in [0.2, 0.25) is 0 Å². The van der Waals surface area contributed by atoms with Crippen LogP contribution in [-0.2, 0) is 46.4 Å². The van der Waals surface area contributed by atoms with Crippen LogP contribution in [0.1, 0.15) is 57.6 Å². The van der Waals surface area contributed by atoms with Gasteiger partial charge in [-0.25, -0.2) is 9.78 Å². The van der Waals surface area contributed by atoms with Gasteiger partial charge in [0.1, 0.15) is 11.5 Å². The zero-order valence-electron chi connectivity index (χ0n) is 36.2. The van der Waals surface area contributed by atoms with Crippen LogP contribution in [0.5, 0.6) is 34.5 Å². The second-order valence-electron chi connectivity index (χ2n) is 12.1. The number of carbonyl (C=O) groups excluding carboxylic acids is 2. The van der Waals surface area contributed by atoms with E-state index in [4.69, 9.17) is 28.4 Å². The van der Waals surface area contributed by atoms with Crippen molar-refractivity contribution < 1.29 is 62.0 Å². The summed E-state index contributed by atoms with van der Waals surface area (Å²) in [4.78, 5) is 29.3. The van der Waals surface area contributed by atoms with Gasteiger partial charge >= 0.3 is 11.9 Å². The Morgan fingerprint density at radius 1 is 0.518 bits per heavy atom. The van der Waals surface area contributed by atoms with E-state index < -0.39 is 0 Å². The molecule has 0 heterocycles. The van der Waals surface area contributed by atoms with Gasteiger partial charge in [0, 0.05) is 27.6 Å². The summed E-state index contributed by atoms with van der Waals surface area (Å²) in [6.45, 7) is 6.53. The third-order valence-corrected chi connectivity index (χ3v) is 8.02. The van der Waals surface area contributed by atoms with Crippen molar-refractivity contribution in [1.82, 2.24) is 0 Å². The molecule has 0 aliphatic carbocycles. The average Bonchev–Trinajstić information content (AvgIpc) is 3.22. The summed E-state index contributed by atoms with van der Waals surface area (Å²) < 4.78 is 44.2. The van der Waals surface area contributed by atoms with Gasteiger partial charge in [0.25, 0.3) is 0 Å². The lowest BCUT2D eigenvalue weighted by Gasteiger charge is -2.21. The Bertz CT molecular complexity index is 1330. The molecule has 0 fully saturated rings. The Morgan fingerprint density at radius 2 is 0.911 bits per heavy atom. The van der Waals surface area contributed by atoms with E-state index in [1.54, 1.807) is 56.9 Å². The zero-order valence-corrected chi connectivity index (χ0v) is 36.2. The van der Waals surface area contributed by atoms with E-state index in [1.807, 2.05) is 36.4 Å². The third kappa shape index (κ3) is 25.4. The summed E-state index contributed by atoms with van der Waals surface area (Å²) in [5.74, 6) is 5.45. The molecule has 2 unspecified atom stereocenters. The summed E-state index contributed by atoms with van der Waals surface area (Å²) in [6, 6.07) is 19.7. The van der Waals surface area contributed by atoms with Gasteiger partial charge in [-0.3, -0.25) is 9.59 Å². The van der Waals surface area contributed by atoms with Gasteiger partial charge in [-0.15, -0.1) is 0 Å². The Balaban J connectivity index is 0. The average molecular weight is 793 g/mol. The monoisotopic (exact) mass is 792 g/mol. The maximum absolute atomic E-state index is 10.6. The number of esters is 2. The molecule has 0 aliphatic heterocycles. The molecule has 3 aromatic carbocycles. The number of hydrogen-bond acceptors (Lipinski definition) is 13. The predicted octanol–water partition coefficient (Wildman–Crippen LogP) is 8.22. The fourth-order valence-corrected chi connectivity index (χ4v) is 4.67. The molecule has 0 amide bonds. The molecule has 56 heavy (non-hydrogen) atoms. The molecule has 318 valence electrons. The molecule has 0 N–H and O–H groups in total. The van der Waals surface area contributed by atoms with Crippen LogP contribution in [-0.4, -0.2) is 96.8 Å². The molecule has 2 atom stereocenters. The first kappa shape index (κ1) is 53.4. The van der Waals surface area contributed by atoms with Crippen LogP contribution in [0.15, 0.2) is 60.7 Å². The molecule has 0 saturated heterocycles. The number of rotatable bonds is 18. The normalized spacial score (nSPS) is 10.7. The van der Waals surface area contributed by atoms with Gasteiger partial charge < -0.3 is 42.6 Å². The van der Waals surface area contributed by atoms with Gasteiger partial charge in [-0.05, 0) is 97.2 Å². The van der Waals surface area contributed by atoms with Crippen molar-refractivity contribution >= 4 is 11.9 Å². The second kappa shape index (κ2) is 34.7. The highest BCUT2D eigenvalue weighted by Crippen LogP contribution is 2.32. The molecule has 0 radical (unpaired) electrons. The van der Waals surface area contributed by atoms with E-state index in [2.05, 4.69) is 62.1 Å². The van der Waals surface area contributed by atoms with Gasteiger partial charge in [-0.1, -0.05) is 32.4 Å². The summed E-state index contributed by atoms with van der Waals surface area (Å²) in [5.41, 5.74) is 2.52. The van der Waals surface area contributed by atoms with Crippen molar-refractivity contribution in [2.45, 2.75) is 59.3 Å². The summed E-state index contributed by atoms with van der Waals surface area (Å²) in [7, 11) is 17.4. The fourth-order valence-electron chi connectivity index (χ4n) is 4.67. The smallest absolute Gasteiger partial charge is 0.305 e. The minimum atomic E-state index is -0.245. The van der Waals surface area contributed by atoms with Gasteiger partial charge in [0.2, 0.25) is 0 Å². The van der Waals surface area contributed by atoms with Gasteiger partial charge in [0.05, 0.1) is 70.6 Å². The Hall–Kier alpha value is -4.72. The fraction of sp³-hybridized carbons (Fsp3) is 0.535. The summed E-state index contributed by atoms with van der Waals surface area (Å²) in [5, 5.41) is 0. The topological polar surface area (TPSA) is 136 Å². The maximum Gasteiger partial charge on any atom is 0.305 e. The number of hydrogen-bond donors (Lipinski definition) is 0. The lowest BCUT2D eigenvalue weighted by atomic mass is 9.85. The van der Waals surface area contributed by atoms with Crippen LogP contribution in [0, 0.1) is 11.8 Å². The number of unbranched alkanes of at least 4 members (excludes halogenated alkanes) is 2. The van der Waals surface area contributed by atoms with Crippen molar-refractivity contribution in [3.63, 3.8) is 0 Å². The van der Waals surface area contributed by atoms with E-state index in [0.29, 0.717) is 24.9 Å². The standard InChI is InChI=1S/C22H30O4.C8H16O4.C8H10O2.C3H6O2.C2H6O/c1-15(11-17-7-9-19(23-3)21(13-17)25-5)16(2)12-18-8-10-20(24-4)22(14-18)26-6;1-10-8(9)6-4-3-5-7-12-11-2;1-9-7-3-5-8(10-2)6-4-7;1-3(4)5-2;1-3-2/h7-10,13-16H,11-12H2,1-6H3;3-7H2,1-2H3;3-6H,1-2H3;1-2H3;1-2H3. The first-order chi connectivity index (χ1) is 26.9. The molecule has 13 nitrogen and oxygen atoms in total. The number of carbonyl (C=O) groups is 2. The predicted molar refractivity (Wildman–Crippen MR) is 218 cm³/mol. The summed E-state index contributed by atoms with van der Waals surface area (Å²) in [6.07, 6.45) is 5.19. The largest absolute Gasteiger partial charge is 0.497 e. The van der Waals surface area contributed by atoms with Crippen molar-refractivity contribution in [2.75, 3.05) is 84.8 Å². The van der Waals surface area contributed by atoms with Crippen LogP contribution in [0.4, 0.5) is 0 Å². The van der Waals surface area contributed by atoms with Crippen LogP contribution in [0.25, 0.3) is 0 Å². The zero-order chi connectivity index (χ0) is 42.7. The summed E-state index contributed by atoms with van der Waals surface area (Å²) >= 11 is 0. The van der Waals surface area contributed by atoms with Crippen molar-refractivity contribution in [3.05, 3.63) is 71.8 Å². The Kier molecular flexibility index (Phi) is 33.1. The first-order valence-electron chi connectivity index (χ1n) is 18.1. The molecule has 3 aromatic rings. The Morgan fingerprint density at radius 3 is 1.21 bits per heavy atom. The molecular weight excluding hydrogens is 724 g/mol. The molecule has 0 spiro atoms. The van der Waals surface area contributed by atoms with E-state index >= 15 is 0 Å². The molecule has 0 aliphatic rings. The molecule has 0 bridgehead atoms. The highest BCUT2D eigenvalue weighted by Gasteiger charge is 2.16. The molecular formula is C43H68O13. The maximum atomic E-state index is 10.6. The first-order valence-corrected chi connectivity index (χ1v) is 18.1. The number of benzene rings is 3. The van der Waals surface area contributed by atoms with E-state index in [1.165, 1.54) is 39.4 Å². The van der Waals surface area contributed by atoms with Gasteiger partial charge in [0.15, 0.2) is 23.0 Å². The van der Waals surface area contributed by atoms with E-state index in [-0.39, 0.29) is 11.9 Å². The highest BCUT2D eigenvalue weighted by molar-refractivity contribution is 5.69. The van der Waals surface area contributed by atoms with Crippen molar-refractivity contribution in [2.24, 2.45) is 11.8 Å². The molecule has 0 aromatic heterocycles. The van der Waals surface area contributed by atoms with E-state index in [9.17, 15) is 9.59 Å². The molecule has 13 heteroatoms. The molecule has 3 rings (SSSR count). The van der Waals surface area contributed by atoms with Crippen LogP contribution in [0.3, 0.4) is 0 Å². The lowest BCUT2D eigenvalue weighted by molar-refractivity contribution is -0.272. The number of methoxy groups -OCH3 is 9. The second-order valence-corrected chi connectivity index (χ2v) is 12.1. The quantitative estimate of drug-likeness (QED) is 0.0530. The van der Waals surface area contributed by atoms with Crippen molar-refractivity contribution in [3.8, 4) is 34.5 Å². The minimum absolute atomic E-state index is 0.150. The number of ether oxygens (including phenoxy) is 9. The molecule has 0 saturated carbocycles. The van der Waals surface area contributed by atoms with Crippen molar-refractivity contribution in [1.29, 1.82) is 0 Å². The van der Waals surface area contributed by atoms with Crippen LogP contribution >= 0.6 is 0 Å². The SMILES string of the molecule is COC.COC(C)=O.COOCCCCCC(=O)OC.COc1ccc(CC(C)C(C)Cc2ccc(OC)c(OC)c2)cc1OC.COc1ccc(OC)cc1. The third-order valence-electron chi connectivity index (χ3n) is 8.02.